The number of piperazine rings is 1. The first-order valence-electron chi connectivity index (χ1n) is 6.98. The third-order valence-electron chi connectivity index (χ3n) is 3.24. The van der Waals surface area contributed by atoms with Crippen LogP contribution >= 0.6 is 0 Å². The van der Waals surface area contributed by atoms with E-state index >= 15 is 0 Å². The highest BCUT2D eigenvalue weighted by atomic mass is 16.6. The van der Waals surface area contributed by atoms with Crippen molar-refractivity contribution >= 4 is 6.09 Å². The van der Waals surface area contributed by atoms with E-state index in [9.17, 15) is 4.79 Å². The Labute approximate surface area is 111 Å². The Morgan fingerprint density at radius 2 is 1.72 bits per heavy atom. The number of hydrogen-bond donors (Lipinski definition) is 0. The molecule has 1 aliphatic heterocycles. The molecule has 0 N–H and O–H groups in total. The van der Waals surface area contributed by atoms with Gasteiger partial charge in [-0.1, -0.05) is 6.92 Å². The fourth-order valence-electron chi connectivity index (χ4n) is 2.53. The van der Waals surface area contributed by atoms with Crippen molar-refractivity contribution in [2.24, 2.45) is 0 Å². The molecule has 0 aromatic heterocycles. The van der Waals surface area contributed by atoms with Gasteiger partial charge < -0.3 is 9.64 Å². The second-order valence-corrected chi connectivity index (χ2v) is 6.32. The lowest BCUT2D eigenvalue weighted by molar-refractivity contribution is -0.00742. The number of amides is 1. The van der Waals surface area contributed by atoms with Crippen LogP contribution in [-0.2, 0) is 4.74 Å². The van der Waals surface area contributed by atoms with E-state index < -0.39 is 5.60 Å². The molecule has 0 radical (unpaired) electrons. The SMILES string of the molecule is CCCN1[C@H](C)CN(C(=O)OC(C)(C)C)C[C@@H]1C. The predicted molar refractivity (Wildman–Crippen MR) is 73.7 cm³/mol. The number of ether oxygens (including phenoxy) is 1. The normalized spacial score (nSPS) is 26.2. The summed E-state index contributed by atoms with van der Waals surface area (Å²) in [5.74, 6) is 0. The van der Waals surface area contributed by atoms with Crippen molar-refractivity contribution in [2.45, 2.75) is 65.6 Å². The van der Waals surface area contributed by atoms with Crippen molar-refractivity contribution in [3.63, 3.8) is 0 Å². The van der Waals surface area contributed by atoms with Gasteiger partial charge in [0.15, 0.2) is 0 Å². The zero-order chi connectivity index (χ0) is 13.9. The van der Waals surface area contributed by atoms with Gasteiger partial charge in [0.25, 0.3) is 0 Å². The Kier molecular flexibility index (Phi) is 5.02. The first kappa shape index (κ1) is 15.3. The summed E-state index contributed by atoms with van der Waals surface area (Å²) >= 11 is 0. The van der Waals surface area contributed by atoms with E-state index in [1.807, 2.05) is 25.7 Å². The number of carbonyl (C=O) groups excluding carboxylic acids is 1. The summed E-state index contributed by atoms with van der Waals surface area (Å²) in [6, 6.07) is 0.808. The summed E-state index contributed by atoms with van der Waals surface area (Å²) in [7, 11) is 0. The van der Waals surface area contributed by atoms with Gasteiger partial charge in [-0.25, -0.2) is 4.79 Å². The molecular formula is C14H28N2O2. The quantitative estimate of drug-likeness (QED) is 0.761. The first-order valence-corrected chi connectivity index (χ1v) is 6.98. The highest BCUT2D eigenvalue weighted by Gasteiger charge is 2.33. The van der Waals surface area contributed by atoms with Gasteiger partial charge in [0.1, 0.15) is 5.60 Å². The van der Waals surface area contributed by atoms with E-state index in [2.05, 4.69) is 25.7 Å². The molecule has 1 heterocycles. The third-order valence-corrected chi connectivity index (χ3v) is 3.24. The molecular weight excluding hydrogens is 228 g/mol. The van der Waals surface area contributed by atoms with Crippen molar-refractivity contribution in [2.75, 3.05) is 19.6 Å². The van der Waals surface area contributed by atoms with Crippen molar-refractivity contribution < 1.29 is 9.53 Å². The van der Waals surface area contributed by atoms with Crippen LogP contribution in [0.2, 0.25) is 0 Å². The summed E-state index contributed by atoms with van der Waals surface area (Å²) < 4.78 is 5.44. The monoisotopic (exact) mass is 256 g/mol. The highest BCUT2D eigenvalue weighted by Crippen LogP contribution is 2.18. The molecule has 1 amide bonds. The van der Waals surface area contributed by atoms with Crippen LogP contribution in [0.15, 0.2) is 0 Å². The smallest absolute Gasteiger partial charge is 0.410 e. The average molecular weight is 256 g/mol. The lowest BCUT2D eigenvalue weighted by Gasteiger charge is -2.44. The zero-order valence-electron chi connectivity index (χ0n) is 12.7. The molecule has 4 nitrogen and oxygen atoms in total. The molecule has 0 aliphatic carbocycles. The molecule has 1 rings (SSSR count). The molecule has 0 aromatic rings. The lowest BCUT2D eigenvalue weighted by Crippen LogP contribution is -2.58. The van der Waals surface area contributed by atoms with Crippen LogP contribution in [0.3, 0.4) is 0 Å². The van der Waals surface area contributed by atoms with Crippen LogP contribution in [-0.4, -0.2) is 53.2 Å². The van der Waals surface area contributed by atoms with E-state index in [1.165, 1.54) is 0 Å². The first-order chi connectivity index (χ1) is 8.24. The summed E-state index contributed by atoms with van der Waals surface area (Å²) in [4.78, 5) is 16.4. The van der Waals surface area contributed by atoms with Crippen LogP contribution in [0.5, 0.6) is 0 Å². The number of carbonyl (C=O) groups is 1. The van der Waals surface area contributed by atoms with Crippen molar-refractivity contribution in [1.82, 2.24) is 9.80 Å². The zero-order valence-corrected chi connectivity index (χ0v) is 12.7. The van der Waals surface area contributed by atoms with Crippen molar-refractivity contribution in [1.29, 1.82) is 0 Å². The molecule has 1 fully saturated rings. The average Bonchev–Trinajstić information content (AvgIpc) is 2.20. The fraction of sp³-hybridized carbons (Fsp3) is 0.929. The van der Waals surface area contributed by atoms with Crippen LogP contribution in [0.4, 0.5) is 4.79 Å². The summed E-state index contributed by atoms with van der Waals surface area (Å²) in [5, 5.41) is 0. The van der Waals surface area contributed by atoms with Crippen LogP contribution in [0.25, 0.3) is 0 Å². The fourth-order valence-corrected chi connectivity index (χ4v) is 2.53. The molecule has 0 bridgehead atoms. The van der Waals surface area contributed by atoms with Gasteiger partial charge in [0, 0.05) is 25.2 Å². The van der Waals surface area contributed by atoms with Gasteiger partial charge in [0.2, 0.25) is 0 Å². The van der Waals surface area contributed by atoms with Crippen LogP contribution < -0.4 is 0 Å². The van der Waals surface area contributed by atoms with E-state index in [-0.39, 0.29) is 6.09 Å². The van der Waals surface area contributed by atoms with Crippen molar-refractivity contribution in [3.05, 3.63) is 0 Å². The van der Waals surface area contributed by atoms with Crippen LogP contribution in [0.1, 0.15) is 48.0 Å². The molecule has 1 aliphatic rings. The maximum atomic E-state index is 12.1. The van der Waals surface area contributed by atoms with Gasteiger partial charge in [-0.2, -0.15) is 0 Å². The Morgan fingerprint density at radius 1 is 1.22 bits per heavy atom. The van der Waals surface area contributed by atoms with E-state index in [1.54, 1.807) is 0 Å². The largest absolute Gasteiger partial charge is 0.444 e. The maximum Gasteiger partial charge on any atom is 0.410 e. The van der Waals surface area contributed by atoms with Gasteiger partial charge >= 0.3 is 6.09 Å². The Hall–Kier alpha value is -0.770. The molecule has 0 saturated carbocycles. The van der Waals surface area contributed by atoms with E-state index in [0.29, 0.717) is 12.1 Å². The summed E-state index contributed by atoms with van der Waals surface area (Å²) in [6.45, 7) is 14.9. The maximum absolute atomic E-state index is 12.1. The summed E-state index contributed by atoms with van der Waals surface area (Å²) in [5.41, 5.74) is -0.413. The second kappa shape index (κ2) is 5.91. The minimum absolute atomic E-state index is 0.183. The van der Waals surface area contributed by atoms with Gasteiger partial charge in [-0.15, -0.1) is 0 Å². The second-order valence-electron chi connectivity index (χ2n) is 6.32. The van der Waals surface area contributed by atoms with Gasteiger partial charge in [-0.05, 0) is 47.6 Å². The molecule has 18 heavy (non-hydrogen) atoms. The van der Waals surface area contributed by atoms with Gasteiger partial charge in [-0.3, -0.25) is 4.90 Å². The summed E-state index contributed by atoms with van der Waals surface area (Å²) in [6.07, 6.45) is 0.971. The minimum Gasteiger partial charge on any atom is -0.444 e. The Balaban J connectivity index is 2.59. The standard InChI is InChI=1S/C14H28N2O2/c1-7-8-16-11(2)9-15(10-12(16)3)13(17)18-14(4,5)6/h11-12H,7-10H2,1-6H3/t11-,12+. The van der Waals surface area contributed by atoms with E-state index in [4.69, 9.17) is 4.74 Å². The molecule has 2 atom stereocenters. The molecule has 0 unspecified atom stereocenters. The molecule has 4 heteroatoms. The highest BCUT2D eigenvalue weighted by molar-refractivity contribution is 5.68. The minimum atomic E-state index is -0.413. The predicted octanol–water partition coefficient (Wildman–Crippen LogP) is 2.73. The number of rotatable bonds is 2. The Morgan fingerprint density at radius 3 is 2.11 bits per heavy atom. The number of hydrogen-bond acceptors (Lipinski definition) is 3. The van der Waals surface area contributed by atoms with E-state index in [0.717, 1.165) is 26.1 Å². The number of nitrogens with zero attached hydrogens (tertiary/aromatic N) is 2. The van der Waals surface area contributed by atoms with Crippen molar-refractivity contribution in [3.8, 4) is 0 Å². The topological polar surface area (TPSA) is 32.8 Å². The molecule has 0 aromatic carbocycles. The van der Waals surface area contributed by atoms with Gasteiger partial charge in [0.05, 0.1) is 0 Å². The Bertz CT molecular complexity index is 274. The molecule has 1 saturated heterocycles. The third kappa shape index (κ3) is 4.16. The lowest BCUT2D eigenvalue weighted by atomic mass is 10.1. The van der Waals surface area contributed by atoms with Crippen LogP contribution in [0, 0.1) is 0 Å². The molecule has 106 valence electrons. The molecule has 0 spiro atoms.